The summed E-state index contributed by atoms with van der Waals surface area (Å²) < 4.78 is 13.9. The van der Waals surface area contributed by atoms with Gasteiger partial charge in [0.15, 0.2) is 0 Å². The van der Waals surface area contributed by atoms with Crippen molar-refractivity contribution in [1.82, 2.24) is 0 Å². The van der Waals surface area contributed by atoms with Crippen molar-refractivity contribution in [3.63, 3.8) is 0 Å². The normalized spacial score (nSPS) is 68.5. The quantitative estimate of drug-likeness (QED) is 0.253. The average Bonchev–Trinajstić information content (AvgIpc) is 3.59. The number of hydrogen-bond donors (Lipinski definition) is 0. The van der Waals surface area contributed by atoms with Crippen molar-refractivity contribution >= 4 is 15.8 Å². The van der Waals surface area contributed by atoms with Gasteiger partial charge in [0.05, 0.1) is 0 Å². The summed E-state index contributed by atoms with van der Waals surface area (Å²) >= 11 is 0. The summed E-state index contributed by atoms with van der Waals surface area (Å²) in [6, 6.07) is 8.83. The molecule has 0 radical (unpaired) electrons. The van der Waals surface area contributed by atoms with Crippen LogP contribution in [0.15, 0.2) is 45.6 Å². The first-order valence-corrected chi connectivity index (χ1v) is 23.4. The summed E-state index contributed by atoms with van der Waals surface area (Å²) in [6.07, 6.45) is 6.30. The van der Waals surface area contributed by atoms with E-state index in [1.807, 2.05) is 12.5 Å². The summed E-state index contributed by atoms with van der Waals surface area (Å²) in [7, 11) is -0.202. The Hall–Kier alpha value is -0.0605. The van der Waals surface area contributed by atoms with Gasteiger partial charge in [-0.05, 0) is 0 Å². The molecule has 2 nitrogen and oxygen atoms in total. The van der Waals surface area contributed by atoms with E-state index in [1.54, 1.807) is 0 Å². The van der Waals surface area contributed by atoms with Crippen LogP contribution in [0, 0.1) is 0 Å². The van der Waals surface area contributed by atoms with Gasteiger partial charge in [0.1, 0.15) is 0 Å². The number of furan rings is 2. The molecule has 2 aromatic rings. The van der Waals surface area contributed by atoms with Crippen LogP contribution in [0.4, 0.5) is 0 Å². The van der Waals surface area contributed by atoms with Crippen LogP contribution in [0.2, 0.25) is 42.8 Å². The van der Waals surface area contributed by atoms with Crippen LogP contribution in [0.1, 0.15) is 60.0 Å². The summed E-state index contributed by atoms with van der Waals surface area (Å²) in [5, 5.41) is 0.862. The minimum atomic E-state index is -3.63. The first-order chi connectivity index (χ1) is 16.3. The molecule has 2 aromatic heterocycles. The Morgan fingerprint density at radius 2 is 1.29 bits per heavy atom. The van der Waals surface area contributed by atoms with E-state index in [1.165, 1.54) is 62.4 Å². The van der Waals surface area contributed by atoms with Gasteiger partial charge in [-0.3, -0.25) is 0 Å². The standard InChI is InChI=1S/C25H35O2P2.C5H5.Fe/c1-19(29(24(2,3)4)25(5,6)7)22-13-8-14-23(22)28(17-20-11-9-15-26-20)18-21-12-10-16-27-21;1-2-4-5-3-1;/h8-16,19H,17-18H2,1-7H3;1-5H;. The third-order valence-electron chi connectivity index (χ3n) is 19.6. The molecule has 5 unspecified atom stereocenters. The third-order valence-corrected chi connectivity index (χ3v) is 74.5. The van der Waals surface area contributed by atoms with Gasteiger partial charge >= 0.3 is 203 Å². The van der Waals surface area contributed by atoms with E-state index in [9.17, 15) is 0 Å². The Balaban J connectivity index is 1.13. The maximum absolute atomic E-state index is 6.11. The number of hydrogen-bond acceptors (Lipinski definition) is 2. The minimum absolute atomic E-state index is 0.0681. The Labute approximate surface area is 202 Å². The van der Waals surface area contributed by atoms with Crippen LogP contribution < -0.4 is 0 Å². The fourth-order valence-corrected chi connectivity index (χ4v) is 124. The zero-order chi connectivity index (χ0) is 23.9. The molecule has 5 heteroatoms. The second-order valence-corrected chi connectivity index (χ2v) is 48.4. The van der Waals surface area contributed by atoms with Crippen molar-refractivity contribution in [3.05, 3.63) is 48.3 Å². The molecule has 0 saturated carbocycles. The molecule has 0 aromatic carbocycles. The summed E-state index contributed by atoms with van der Waals surface area (Å²) in [5.74, 6) is 2.55. The summed E-state index contributed by atoms with van der Waals surface area (Å²) in [6.45, 7) is 14.9. The molecule has 12 rings (SSSR count). The molecule has 0 amide bonds. The van der Waals surface area contributed by atoms with Crippen molar-refractivity contribution in [2.45, 2.75) is 124 Å². The van der Waals surface area contributed by atoms with Crippen molar-refractivity contribution in [2.75, 3.05) is 0 Å². The van der Waals surface area contributed by atoms with Crippen molar-refractivity contribution in [2.24, 2.45) is 0 Å². The van der Waals surface area contributed by atoms with Gasteiger partial charge in [-0.15, -0.1) is 0 Å². The Morgan fingerprint density at radius 3 is 1.63 bits per heavy atom. The van der Waals surface area contributed by atoms with Gasteiger partial charge in [-0.25, -0.2) is 0 Å². The molecular formula is C30H40FeO2P2. The summed E-state index contributed by atoms with van der Waals surface area (Å²) in [4.78, 5) is 10.7. The van der Waals surface area contributed by atoms with Crippen molar-refractivity contribution in [1.29, 1.82) is 0 Å². The van der Waals surface area contributed by atoms with E-state index in [4.69, 9.17) is 8.83 Å². The van der Waals surface area contributed by atoms with Crippen LogP contribution in [-0.2, 0) is 18.8 Å². The van der Waals surface area contributed by atoms with Gasteiger partial charge in [0, 0.05) is 0 Å². The molecule has 0 bridgehead atoms. The molecule has 0 aliphatic carbocycles. The molecule has 6 atom stereocenters. The van der Waals surface area contributed by atoms with Gasteiger partial charge in [0.2, 0.25) is 0 Å². The zero-order valence-electron chi connectivity index (χ0n) is 22.1. The van der Waals surface area contributed by atoms with Gasteiger partial charge in [-0.1, -0.05) is 0 Å². The monoisotopic (exact) mass is 550 g/mol. The van der Waals surface area contributed by atoms with Crippen molar-refractivity contribution < 1.29 is 15.3 Å². The predicted octanol–water partition coefficient (Wildman–Crippen LogP) is 10.2. The molecule has 12 heterocycles. The molecule has 10 fully saturated rings. The molecule has 0 N–H and O–H groups in total. The number of fused-ring (bicyclic) bond motifs is 10. The van der Waals surface area contributed by atoms with E-state index >= 15 is 0 Å². The van der Waals surface area contributed by atoms with E-state index in [-0.39, 0.29) is 15.8 Å². The fraction of sp³-hybridized carbons (Fsp3) is 0.733. The van der Waals surface area contributed by atoms with E-state index in [0.717, 1.165) is 14.0 Å². The van der Waals surface area contributed by atoms with Crippen molar-refractivity contribution in [3.8, 4) is 0 Å². The van der Waals surface area contributed by atoms with Crippen LogP contribution >= 0.6 is 15.8 Å². The van der Waals surface area contributed by atoms with Gasteiger partial charge in [0.25, 0.3) is 0 Å². The molecular weight excluding hydrogens is 510 g/mol. The van der Waals surface area contributed by atoms with Gasteiger partial charge in [-0.2, -0.15) is 0 Å². The van der Waals surface area contributed by atoms with Crippen LogP contribution in [0.3, 0.4) is 0 Å². The van der Waals surface area contributed by atoms with Crippen LogP contribution in [0.25, 0.3) is 0 Å². The predicted molar refractivity (Wildman–Crippen MR) is 143 cm³/mol. The molecule has 1 spiro atoms. The topological polar surface area (TPSA) is 26.3 Å². The van der Waals surface area contributed by atoms with Crippen LogP contribution in [0.5, 0.6) is 0 Å². The molecule has 10 saturated heterocycles. The molecule has 35 heavy (non-hydrogen) atoms. The second kappa shape index (κ2) is 2.65. The number of rotatable bonds is 7. The third kappa shape index (κ3) is 0.451. The Kier molecular flexibility index (Phi) is 1.44. The van der Waals surface area contributed by atoms with E-state index in [2.05, 4.69) is 72.7 Å². The molecule has 10 aliphatic heterocycles. The maximum atomic E-state index is 6.11. The fourth-order valence-electron chi connectivity index (χ4n) is 22.6. The SMILES string of the molecule is CC(P(C(C)(C)C)C(C)(C)C)[C@@]12[CH]3[CH]4[CH]5[C]1(P(Cc1ccco1)Cc1ccco1)[Fe]45321678[CH]2[CH]1[CH]6[CH]7[CH]28. The Morgan fingerprint density at radius 1 is 0.800 bits per heavy atom. The summed E-state index contributed by atoms with van der Waals surface area (Å²) in [5.41, 5.74) is 0.972. The van der Waals surface area contributed by atoms with E-state index < -0.39 is 6.51 Å². The molecule has 190 valence electrons. The Bertz CT molecular complexity index is 1670. The average molecular weight is 550 g/mol. The second-order valence-electron chi connectivity index (χ2n) is 18.2. The molecule has 10 aliphatic rings. The van der Waals surface area contributed by atoms with Gasteiger partial charge < -0.3 is 0 Å². The first kappa shape index (κ1) is 19.1. The van der Waals surface area contributed by atoms with E-state index in [0.29, 0.717) is 10.3 Å². The van der Waals surface area contributed by atoms with Crippen LogP contribution in [-0.4, -0.2) is 20.0 Å². The zero-order valence-corrected chi connectivity index (χ0v) is 25.0. The first-order valence-electron chi connectivity index (χ1n) is 14.1.